The van der Waals surface area contributed by atoms with Crippen LogP contribution in [0.25, 0.3) is 6.08 Å². The third-order valence-electron chi connectivity index (χ3n) is 5.14. The highest BCUT2D eigenvalue weighted by molar-refractivity contribution is 5.98. The van der Waals surface area contributed by atoms with Gasteiger partial charge in [-0.25, -0.2) is 9.59 Å². The minimum absolute atomic E-state index is 0.110. The number of anilines is 2. The zero-order chi connectivity index (χ0) is 26.0. The van der Waals surface area contributed by atoms with Gasteiger partial charge in [-0.2, -0.15) is 0 Å². The predicted molar refractivity (Wildman–Crippen MR) is 133 cm³/mol. The van der Waals surface area contributed by atoms with E-state index in [1.807, 2.05) is 13.8 Å². The SMILES string of the molecule is CCCCN(C(=O)COC(=O)/C=C/c1cc(OC)ccc1OC)c1c(N)n(CCC)c(=O)[nH]c1=O. The number of carbonyl (C=O) groups is 2. The minimum Gasteiger partial charge on any atom is -0.497 e. The zero-order valence-corrected chi connectivity index (χ0v) is 20.5. The van der Waals surface area contributed by atoms with Crippen LogP contribution < -0.4 is 31.4 Å². The number of benzene rings is 1. The number of nitrogens with two attached hydrogens (primary N) is 1. The molecule has 2 aromatic rings. The molecule has 1 aromatic heterocycles. The molecule has 0 saturated carbocycles. The van der Waals surface area contributed by atoms with Crippen molar-refractivity contribution in [3.63, 3.8) is 0 Å². The number of unbranched alkanes of at least 4 members (excludes halogenated alkanes) is 1. The van der Waals surface area contributed by atoms with E-state index in [1.165, 1.54) is 24.9 Å². The molecule has 3 N–H and O–H groups in total. The summed E-state index contributed by atoms with van der Waals surface area (Å²) in [6, 6.07) is 5.09. The van der Waals surface area contributed by atoms with E-state index >= 15 is 0 Å². The second-order valence-electron chi connectivity index (χ2n) is 7.59. The summed E-state index contributed by atoms with van der Waals surface area (Å²) in [6.45, 7) is 3.60. The number of nitrogens with one attached hydrogen (secondary N) is 1. The first-order valence-electron chi connectivity index (χ1n) is 11.3. The third kappa shape index (κ3) is 6.98. The number of amides is 1. The summed E-state index contributed by atoms with van der Waals surface area (Å²) in [7, 11) is 3.02. The van der Waals surface area contributed by atoms with Crippen molar-refractivity contribution in [2.45, 2.75) is 39.7 Å². The van der Waals surface area contributed by atoms with E-state index in [2.05, 4.69) is 4.98 Å². The number of nitrogens with zero attached hydrogens (tertiary/aromatic N) is 2. The van der Waals surface area contributed by atoms with Crippen molar-refractivity contribution in [3.05, 3.63) is 50.7 Å². The maximum atomic E-state index is 13.0. The fourth-order valence-corrected chi connectivity index (χ4v) is 3.35. The highest BCUT2D eigenvalue weighted by Gasteiger charge is 2.24. The van der Waals surface area contributed by atoms with Gasteiger partial charge < -0.3 is 24.8 Å². The Morgan fingerprint density at radius 1 is 1.14 bits per heavy atom. The van der Waals surface area contributed by atoms with Gasteiger partial charge in [0.2, 0.25) is 0 Å². The van der Waals surface area contributed by atoms with Crippen molar-refractivity contribution in [1.82, 2.24) is 9.55 Å². The van der Waals surface area contributed by atoms with Crippen molar-refractivity contribution in [2.24, 2.45) is 0 Å². The number of esters is 1. The first-order valence-corrected chi connectivity index (χ1v) is 11.3. The molecule has 1 amide bonds. The molecule has 0 unspecified atom stereocenters. The molecule has 0 fully saturated rings. The van der Waals surface area contributed by atoms with Crippen LogP contribution in [0.5, 0.6) is 11.5 Å². The largest absolute Gasteiger partial charge is 0.497 e. The molecule has 0 aliphatic heterocycles. The average Bonchev–Trinajstić information content (AvgIpc) is 2.85. The molecule has 1 aromatic carbocycles. The van der Waals surface area contributed by atoms with E-state index in [-0.39, 0.29) is 24.6 Å². The number of methoxy groups -OCH3 is 2. The fourth-order valence-electron chi connectivity index (χ4n) is 3.35. The van der Waals surface area contributed by atoms with Crippen LogP contribution in [0, 0.1) is 0 Å². The Bertz CT molecular complexity index is 1180. The summed E-state index contributed by atoms with van der Waals surface area (Å²) in [5, 5.41) is 0. The molecule has 0 aliphatic carbocycles. The van der Waals surface area contributed by atoms with Gasteiger partial charge in [0.25, 0.3) is 11.5 Å². The molecular weight excluding hydrogens is 456 g/mol. The second kappa shape index (κ2) is 13.0. The van der Waals surface area contributed by atoms with E-state index in [0.717, 1.165) is 17.4 Å². The Labute approximate surface area is 203 Å². The van der Waals surface area contributed by atoms with Crippen molar-refractivity contribution in [3.8, 4) is 11.5 Å². The zero-order valence-electron chi connectivity index (χ0n) is 20.5. The monoisotopic (exact) mass is 488 g/mol. The van der Waals surface area contributed by atoms with Gasteiger partial charge in [-0.1, -0.05) is 20.3 Å². The van der Waals surface area contributed by atoms with Crippen LogP contribution in [0.4, 0.5) is 11.5 Å². The summed E-state index contributed by atoms with van der Waals surface area (Å²) in [6.07, 6.45) is 4.54. The smallest absolute Gasteiger partial charge is 0.331 e. The molecule has 0 atom stereocenters. The summed E-state index contributed by atoms with van der Waals surface area (Å²) in [5.74, 6) is -0.419. The van der Waals surface area contributed by atoms with Crippen LogP contribution in [0.3, 0.4) is 0 Å². The van der Waals surface area contributed by atoms with Crippen LogP contribution in [0.15, 0.2) is 33.9 Å². The number of aromatic nitrogens is 2. The molecule has 0 spiro atoms. The van der Waals surface area contributed by atoms with Crippen LogP contribution in [-0.2, 0) is 20.9 Å². The molecule has 0 aliphatic rings. The summed E-state index contributed by atoms with van der Waals surface area (Å²) in [5.41, 5.74) is 5.13. The molecule has 0 saturated heterocycles. The molecule has 190 valence electrons. The number of aromatic amines is 1. The first-order chi connectivity index (χ1) is 16.8. The summed E-state index contributed by atoms with van der Waals surface area (Å²) < 4.78 is 16.8. The fraction of sp³-hybridized carbons (Fsp3) is 0.417. The van der Waals surface area contributed by atoms with Gasteiger partial charge in [0.15, 0.2) is 12.3 Å². The molecule has 0 bridgehead atoms. The molecular formula is C24H32N4O7. The maximum Gasteiger partial charge on any atom is 0.331 e. The number of carbonyl (C=O) groups excluding carboxylic acids is 2. The molecule has 11 heteroatoms. The van der Waals surface area contributed by atoms with E-state index in [1.54, 1.807) is 18.2 Å². The van der Waals surface area contributed by atoms with E-state index in [0.29, 0.717) is 29.9 Å². The van der Waals surface area contributed by atoms with Gasteiger partial charge in [-0.3, -0.25) is 19.1 Å². The topological polar surface area (TPSA) is 146 Å². The number of H-pyrrole nitrogens is 1. The summed E-state index contributed by atoms with van der Waals surface area (Å²) >= 11 is 0. The van der Waals surface area contributed by atoms with Crippen LogP contribution >= 0.6 is 0 Å². The van der Waals surface area contributed by atoms with Crippen molar-refractivity contribution in [1.29, 1.82) is 0 Å². The Kier molecular flexibility index (Phi) is 10.1. The number of nitrogen functional groups attached to an aromatic ring is 1. The van der Waals surface area contributed by atoms with Gasteiger partial charge in [0.05, 0.1) is 14.2 Å². The number of rotatable bonds is 12. The molecule has 2 rings (SSSR count). The third-order valence-corrected chi connectivity index (χ3v) is 5.14. The van der Waals surface area contributed by atoms with Crippen LogP contribution in [0.2, 0.25) is 0 Å². The molecule has 35 heavy (non-hydrogen) atoms. The van der Waals surface area contributed by atoms with Crippen molar-refractivity contribution in [2.75, 3.05) is 38.0 Å². The van der Waals surface area contributed by atoms with Gasteiger partial charge in [-0.15, -0.1) is 0 Å². The Balaban J connectivity index is 2.22. The maximum absolute atomic E-state index is 13.0. The lowest BCUT2D eigenvalue weighted by Crippen LogP contribution is -2.43. The first kappa shape index (κ1) is 27.2. The van der Waals surface area contributed by atoms with Crippen molar-refractivity contribution >= 4 is 29.5 Å². The average molecular weight is 489 g/mol. The van der Waals surface area contributed by atoms with Gasteiger partial charge in [-0.05, 0) is 37.1 Å². The van der Waals surface area contributed by atoms with E-state index in [9.17, 15) is 19.2 Å². The lowest BCUT2D eigenvalue weighted by Gasteiger charge is -2.24. The van der Waals surface area contributed by atoms with E-state index < -0.39 is 29.7 Å². The Morgan fingerprint density at radius 3 is 2.51 bits per heavy atom. The normalized spacial score (nSPS) is 10.9. The van der Waals surface area contributed by atoms with Gasteiger partial charge in [0.1, 0.15) is 17.3 Å². The lowest BCUT2D eigenvalue weighted by atomic mass is 10.1. The number of hydrogen-bond donors (Lipinski definition) is 2. The number of ether oxygens (including phenoxy) is 3. The lowest BCUT2D eigenvalue weighted by molar-refractivity contribution is -0.142. The molecule has 0 radical (unpaired) electrons. The highest BCUT2D eigenvalue weighted by atomic mass is 16.5. The molecule has 1 heterocycles. The second-order valence-corrected chi connectivity index (χ2v) is 7.59. The standard InChI is InChI=1S/C24H32N4O7/c1-5-7-13-27(21-22(25)28(12-6-2)24(32)26-23(21)31)19(29)15-35-20(30)11-8-16-14-17(33-3)9-10-18(16)34-4/h8-11,14H,5-7,12-13,15,25H2,1-4H3,(H,26,31,32)/b11-8+. The Morgan fingerprint density at radius 2 is 1.89 bits per heavy atom. The van der Waals surface area contributed by atoms with Gasteiger partial charge in [0, 0.05) is 24.7 Å². The van der Waals surface area contributed by atoms with Crippen molar-refractivity contribution < 1.29 is 23.8 Å². The quantitative estimate of drug-likeness (QED) is 0.340. The van der Waals surface area contributed by atoms with Crippen LogP contribution in [0.1, 0.15) is 38.7 Å². The predicted octanol–water partition coefficient (Wildman–Crippen LogP) is 1.94. The Hall–Kier alpha value is -4.02. The summed E-state index contributed by atoms with van der Waals surface area (Å²) in [4.78, 5) is 53.3. The van der Waals surface area contributed by atoms with Crippen LogP contribution in [-0.4, -0.2) is 48.8 Å². The highest BCUT2D eigenvalue weighted by Crippen LogP contribution is 2.25. The minimum atomic E-state index is -0.777. The van der Waals surface area contributed by atoms with Gasteiger partial charge >= 0.3 is 11.7 Å². The van der Waals surface area contributed by atoms with E-state index in [4.69, 9.17) is 19.9 Å². The number of hydrogen-bond acceptors (Lipinski definition) is 8. The molecule has 11 nitrogen and oxygen atoms in total.